The average molecular weight is 231 g/mol. The summed E-state index contributed by atoms with van der Waals surface area (Å²) in [6, 6.07) is 7.71. The van der Waals surface area contributed by atoms with E-state index in [-0.39, 0.29) is 0 Å². The molecule has 7 nitrogen and oxygen atoms in total. The molecule has 0 radical (unpaired) electrons. The molecule has 0 unspecified atom stereocenters. The first kappa shape index (κ1) is 12.9. The van der Waals surface area contributed by atoms with Crippen molar-refractivity contribution < 1.29 is 18.3 Å². The highest BCUT2D eigenvalue weighted by atomic mass is 32.2. The number of carbonyl (C=O) groups excluding carboxylic acids is 1. The lowest BCUT2D eigenvalue weighted by Gasteiger charge is -1.82. The SMILES string of the molecule is NC(=O)NN=S(=O)=O.Oc1ccccc1. The summed E-state index contributed by atoms with van der Waals surface area (Å²) in [6.07, 6.45) is 0. The second-order valence-corrected chi connectivity index (χ2v) is 2.74. The summed E-state index contributed by atoms with van der Waals surface area (Å²) in [5, 5.41) is 8.63. The van der Waals surface area contributed by atoms with Gasteiger partial charge in [0.15, 0.2) is 0 Å². The highest BCUT2D eigenvalue weighted by Gasteiger charge is 1.82. The van der Waals surface area contributed by atoms with Crippen LogP contribution in [0.2, 0.25) is 0 Å². The maximum atomic E-state index is 9.65. The molecular weight excluding hydrogens is 222 g/mol. The largest absolute Gasteiger partial charge is 0.508 e. The summed E-state index contributed by atoms with van der Waals surface area (Å²) in [6.45, 7) is 0. The van der Waals surface area contributed by atoms with Crippen LogP contribution in [-0.2, 0) is 10.5 Å². The Labute approximate surface area is 87.2 Å². The zero-order valence-electron chi connectivity index (χ0n) is 7.49. The number of aromatic hydroxyl groups is 1. The number of phenolic OH excluding ortho intramolecular Hbond substituents is 1. The average Bonchev–Trinajstić information content (AvgIpc) is 2.17. The molecule has 0 heterocycles. The number of nitrogens with zero attached hydrogens (tertiary/aromatic N) is 1. The smallest absolute Gasteiger partial charge is 0.333 e. The van der Waals surface area contributed by atoms with Gasteiger partial charge in [-0.2, -0.15) is 8.42 Å². The van der Waals surface area contributed by atoms with E-state index >= 15 is 0 Å². The number of phenols is 1. The van der Waals surface area contributed by atoms with Crippen molar-refractivity contribution in [2.75, 3.05) is 0 Å². The Bertz CT molecular complexity index is 421. The summed E-state index contributed by atoms with van der Waals surface area (Å²) in [7, 11) is -2.62. The van der Waals surface area contributed by atoms with Crippen LogP contribution in [0.25, 0.3) is 0 Å². The van der Waals surface area contributed by atoms with Crippen LogP contribution in [0.15, 0.2) is 34.8 Å². The number of hydrogen-bond acceptors (Lipinski definition) is 5. The van der Waals surface area contributed by atoms with Crippen LogP contribution in [0.4, 0.5) is 4.79 Å². The highest BCUT2D eigenvalue weighted by molar-refractivity contribution is 7.61. The molecule has 0 atom stereocenters. The molecule has 1 aromatic rings. The Balaban J connectivity index is 0.000000262. The lowest BCUT2D eigenvalue weighted by molar-refractivity contribution is 0.249. The maximum Gasteiger partial charge on any atom is 0.333 e. The molecule has 0 spiro atoms. The number of primary amides is 1. The predicted molar refractivity (Wildman–Crippen MR) is 52.2 cm³/mol. The van der Waals surface area contributed by atoms with Crippen molar-refractivity contribution in [1.82, 2.24) is 5.43 Å². The molecule has 0 aliphatic carbocycles. The van der Waals surface area contributed by atoms with Crippen LogP contribution >= 0.6 is 0 Å². The molecule has 15 heavy (non-hydrogen) atoms. The molecule has 1 aromatic carbocycles. The first-order chi connectivity index (χ1) is 7.02. The van der Waals surface area contributed by atoms with Gasteiger partial charge < -0.3 is 10.8 Å². The van der Waals surface area contributed by atoms with Crippen LogP contribution in [0, 0.1) is 0 Å². The normalized spacial score (nSPS) is 8.00. The van der Waals surface area contributed by atoms with Crippen molar-refractivity contribution in [1.29, 1.82) is 0 Å². The van der Waals surface area contributed by atoms with Crippen LogP contribution in [0.5, 0.6) is 5.75 Å². The maximum absolute atomic E-state index is 9.65. The van der Waals surface area contributed by atoms with Crippen molar-refractivity contribution in [2.24, 2.45) is 10.2 Å². The van der Waals surface area contributed by atoms with Gasteiger partial charge in [-0.1, -0.05) is 18.2 Å². The van der Waals surface area contributed by atoms with E-state index in [4.69, 9.17) is 5.11 Å². The number of para-hydroxylation sites is 1. The highest BCUT2D eigenvalue weighted by Crippen LogP contribution is 2.02. The lowest BCUT2D eigenvalue weighted by Crippen LogP contribution is -2.23. The van der Waals surface area contributed by atoms with E-state index in [9.17, 15) is 13.2 Å². The van der Waals surface area contributed by atoms with E-state index in [1.807, 2.05) is 6.07 Å². The topological polar surface area (TPSA) is 122 Å². The van der Waals surface area contributed by atoms with Crippen LogP contribution in [0.3, 0.4) is 0 Å². The number of amides is 2. The van der Waals surface area contributed by atoms with Gasteiger partial charge in [-0.05, 0) is 16.6 Å². The molecule has 0 saturated carbocycles. The predicted octanol–water partition coefficient (Wildman–Crippen LogP) is 0.0246. The van der Waals surface area contributed by atoms with Gasteiger partial charge in [0.2, 0.25) is 0 Å². The Morgan fingerprint density at radius 1 is 1.33 bits per heavy atom. The van der Waals surface area contributed by atoms with Gasteiger partial charge in [0, 0.05) is 0 Å². The van der Waals surface area contributed by atoms with Gasteiger partial charge in [-0.3, -0.25) is 0 Å². The van der Waals surface area contributed by atoms with Crippen molar-refractivity contribution in [3.63, 3.8) is 0 Å². The Morgan fingerprint density at radius 3 is 2.07 bits per heavy atom. The first-order valence-corrected chi connectivity index (χ1v) is 4.65. The Morgan fingerprint density at radius 2 is 1.87 bits per heavy atom. The molecule has 0 aliphatic heterocycles. The third-order valence-corrected chi connectivity index (χ3v) is 1.23. The van der Waals surface area contributed by atoms with E-state index in [1.165, 1.54) is 5.43 Å². The van der Waals surface area contributed by atoms with Crippen LogP contribution in [0.1, 0.15) is 0 Å². The number of nitrogens with two attached hydrogens (primary N) is 1. The van der Waals surface area contributed by atoms with Gasteiger partial charge in [0.25, 0.3) is 0 Å². The summed E-state index contributed by atoms with van der Waals surface area (Å²) in [5.74, 6) is 0.322. The number of nitrogens with one attached hydrogen (secondary N) is 1. The fourth-order valence-electron chi connectivity index (χ4n) is 0.510. The monoisotopic (exact) mass is 231 g/mol. The number of carbonyl (C=O) groups is 1. The third kappa shape index (κ3) is 9.83. The zero-order valence-corrected chi connectivity index (χ0v) is 8.31. The van der Waals surface area contributed by atoms with Crippen molar-refractivity contribution in [3.8, 4) is 5.75 Å². The van der Waals surface area contributed by atoms with Gasteiger partial charge in [0.1, 0.15) is 5.75 Å². The summed E-state index contributed by atoms with van der Waals surface area (Å²) < 4.78 is 21.4. The molecule has 0 aliphatic rings. The minimum Gasteiger partial charge on any atom is -0.508 e. The molecule has 0 aromatic heterocycles. The van der Waals surface area contributed by atoms with Gasteiger partial charge >= 0.3 is 16.5 Å². The van der Waals surface area contributed by atoms with E-state index in [2.05, 4.69) is 10.2 Å². The third-order valence-electron chi connectivity index (χ3n) is 0.987. The van der Waals surface area contributed by atoms with E-state index in [0.717, 1.165) is 0 Å². The molecule has 8 heteroatoms. The molecule has 1 rings (SSSR count). The Hall–Kier alpha value is -2.09. The van der Waals surface area contributed by atoms with E-state index in [0.29, 0.717) is 5.75 Å². The van der Waals surface area contributed by atoms with Crippen molar-refractivity contribution in [2.45, 2.75) is 0 Å². The lowest BCUT2D eigenvalue weighted by atomic mass is 10.3. The summed E-state index contributed by atoms with van der Waals surface area (Å²) in [5.41, 5.74) is 5.92. The molecular formula is C7H9N3O4S. The van der Waals surface area contributed by atoms with Crippen molar-refractivity contribution in [3.05, 3.63) is 30.3 Å². The van der Waals surface area contributed by atoms with Crippen molar-refractivity contribution >= 4 is 16.5 Å². The number of rotatable bonds is 1. The quantitative estimate of drug-likeness (QED) is 0.590. The summed E-state index contributed by atoms with van der Waals surface area (Å²) >= 11 is 0. The first-order valence-electron chi connectivity index (χ1n) is 3.62. The fourth-order valence-corrected chi connectivity index (χ4v) is 0.675. The standard InChI is InChI=1S/C6H6O.CH3N3O3S/c7-6-4-2-1-3-5-6;2-1(5)3-4-8(6)7/h1-5,7H;(H3,2,3,5). The van der Waals surface area contributed by atoms with Crippen LogP contribution < -0.4 is 11.2 Å². The van der Waals surface area contributed by atoms with Gasteiger partial charge in [-0.25, -0.2) is 10.2 Å². The summed E-state index contributed by atoms with van der Waals surface area (Å²) in [4.78, 5) is 9.65. The number of hydrogen-bond donors (Lipinski definition) is 3. The number of urea groups is 1. The minimum absolute atomic E-state index is 0.322. The fraction of sp³-hybridized carbons (Fsp3) is 0. The molecule has 4 N–H and O–H groups in total. The second kappa shape index (κ2) is 7.33. The van der Waals surface area contributed by atoms with Gasteiger partial charge in [-0.15, -0.1) is 0 Å². The molecule has 0 bridgehead atoms. The number of benzene rings is 1. The molecule has 82 valence electrons. The molecule has 0 saturated heterocycles. The van der Waals surface area contributed by atoms with Gasteiger partial charge in [0.05, 0.1) is 0 Å². The minimum atomic E-state index is -2.62. The second-order valence-electron chi connectivity index (χ2n) is 2.12. The van der Waals surface area contributed by atoms with E-state index in [1.54, 1.807) is 24.3 Å². The molecule has 0 fully saturated rings. The Kier molecular flexibility index (Phi) is 6.31. The molecule has 2 amide bonds. The zero-order chi connectivity index (χ0) is 11.7. The van der Waals surface area contributed by atoms with Crippen LogP contribution in [-0.4, -0.2) is 19.6 Å². The van der Waals surface area contributed by atoms with E-state index < -0.39 is 16.5 Å².